The van der Waals surface area contributed by atoms with Crippen molar-refractivity contribution >= 4 is 5.69 Å². The SMILES string of the molecule is CN(C)CC1CC(O)CN1c1ccncc1. The normalized spacial score (nSPS) is 25.4. The smallest absolute Gasteiger partial charge is 0.0735 e. The highest BCUT2D eigenvalue weighted by Crippen LogP contribution is 2.25. The summed E-state index contributed by atoms with van der Waals surface area (Å²) >= 11 is 0. The van der Waals surface area contributed by atoms with Crippen LogP contribution in [0.15, 0.2) is 24.5 Å². The number of nitrogens with zero attached hydrogens (tertiary/aromatic N) is 3. The fraction of sp³-hybridized carbons (Fsp3) is 0.583. The first-order chi connectivity index (χ1) is 7.66. The zero-order valence-electron chi connectivity index (χ0n) is 9.87. The Morgan fingerprint density at radius 1 is 1.44 bits per heavy atom. The maximum atomic E-state index is 9.77. The minimum atomic E-state index is -0.210. The number of anilines is 1. The van der Waals surface area contributed by atoms with Gasteiger partial charge >= 0.3 is 0 Å². The summed E-state index contributed by atoms with van der Waals surface area (Å²) in [4.78, 5) is 8.46. The average Bonchev–Trinajstić information content (AvgIpc) is 2.60. The molecular weight excluding hydrogens is 202 g/mol. The molecule has 1 saturated heterocycles. The third-order valence-corrected chi connectivity index (χ3v) is 2.96. The van der Waals surface area contributed by atoms with Crippen LogP contribution in [0.1, 0.15) is 6.42 Å². The molecule has 0 aliphatic carbocycles. The van der Waals surface area contributed by atoms with Crippen molar-refractivity contribution < 1.29 is 5.11 Å². The van der Waals surface area contributed by atoms with Gasteiger partial charge in [0.2, 0.25) is 0 Å². The highest BCUT2D eigenvalue weighted by molar-refractivity contribution is 5.47. The predicted octanol–water partition coefficient (Wildman–Crippen LogP) is 0.583. The Labute approximate surface area is 96.5 Å². The van der Waals surface area contributed by atoms with E-state index < -0.39 is 0 Å². The van der Waals surface area contributed by atoms with Crippen molar-refractivity contribution in [3.8, 4) is 0 Å². The summed E-state index contributed by atoms with van der Waals surface area (Å²) in [7, 11) is 4.13. The molecule has 2 unspecified atom stereocenters. The monoisotopic (exact) mass is 221 g/mol. The molecule has 2 atom stereocenters. The molecule has 0 saturated carbocycles. The van der Waals surface area contributed by atoms with Gasteiger partial charge in [-0.25, -0.2) is 0 Å². The number of likely N-dealkylation sites (N-methyl/N-ethyl adjacent to an activating group) is 1. The first kappa shape index (κ1) is 11.4. The van der Waals surface area contributed by atoms with Crippen LogP contribution in [0.3, 0.4) is 0 Å². The van der Waals surface area contributed by atoms with Crippen molar-refractivity contribution in [3.05, 3.63) is 24.5 Å². The van der Waals surface area contributed by atoms with E-state index in [2.05, 4.69) is 28.9 Å². The predicted molar refractivity (Wildman–Crippen MR) is 64.5 cm³/mol. The Hall–Kier alpha value is -1.13. The van der Waals surface area contributed by atoms with Crippen LogP contribution < -0.4 is 4.90 Å². The summed E-state index contributed by atoms with van der Waals surface area (Å²) in [5.41, 5.74) is 1.15. The molecule has 1 aromatic heterocycles. The highest BCUT2D eigenvalue weighted by Gasteiger charge is 2.31. The standard InChI is InChI=1S/C12H19N3O/c1-14(2)8-11-7-12(16)9-15(11)10-3-5-13-6-4-10/h3-6,11-12,16H,7-9H2,1-2H3. The van der Waals surface area contributed by atoms with E-state index in [4.69, 9.17) is 0 Å². The van der Waals surface area contributed by atoms with Gasteiger partial charge in [0.25, 0.3) is 0 Å². The molecule has 1 N–H and O–H groups in total. The molecule has 0 bridgehead atoms. The molecule has 1 fully saturated rings. The van der Waals surface area contributed by atoms with Gasteiger partial charge in [-0.1, -0.05) is 0 Å². The second-order valence-electron chi connectivity index (χ2n) is 4.66. The summed E-state index contributed by atoms with van der Waals surface area (Å²) < 4.78 is 0. The van der Waals surface area contributed by atoms with Crippen LogP contribution in [-0.2, 0) is 0 Å². The number of aliphatic hydroxyl groups excluding tert-OH is 1. The van der Waals surface area contributed by atoms with Gasteiger partial charge < -0.3 is 14.9 Å². The number of rotatable bonds is 3. The minimum absolute atomic E-state index is 0.210. The molecule has 2 rings (SSSR count). The van der Waals surface area contributed by atoms with E-state index >= 15 is 0 Å². The van der Waals surface area contributed by atoms with Crippen LogP contribution in [0.25, 0.3) is 0 Å². The molecule has 0 aromatic carbocycles. The third kappa shape index (κ3) is 2.51. The van der Waals surface area contributed by atoms with Crippen molar-refractivity contribution in [2.24, 2.45) is 0 Å². The number of pyridine rings is 1. The van der Waals surface area contributed by atoms with Crippen LogP contribution in [0.4, 0.5) is 5.69 Å². The van der Waals surface area contributed by atoms with Crippen molar-refractivity contribution in [2.75, 3.05) is 32.1 Å². The van der Waals surface area contributed by atoms with Gasteiger partial charge in [0, 0.05) is 37.2 Å². The highest BCUT2D eigenvalue weighted by atomic mass is 16.3. The van der Waals surface area contributed by atoms with Crippen LogP contribution in [-0.4, -0.2) is 54.3 Å². The Balaban J connectivity index is 2.12. The number of aliphatic hydroxyl groups is 1. The van der Waals surface area contributed by atoms with Crippen LogP contribution in [0.2, 0.25) is 0 Å². The molecule has 2 heterocycles. The Morgan fingerprint density at radius 2 is 2.12 bits per heavy atom. The molecule has 16 heavy (non-hydrogen) atoms. The fourth-order valence-electron chi connectivity index (χ4n) is 2.34. The van der Waals surface area contributed by atoms with E-state index in [1.807, 2.05) is 12.1 Å². The topological polar surface area (TPSA) is 39.6 Å². The molecule has 4 nitrogen and oxygen atoms in total. The molecule has 1 aliphatic heterocycles. The Bertz CT molecular complexity index is 328. The first-order valence-electron chi connectivity index (χ1n) is 5.66. The molecule has 88 valence electrons. The summed E-state index contributed by atoms with van der Waals surface area (Å²) in [5, 5.41) is 9.77. The number of β-amino-alcohol motifs (C(OH)–C–C–N with tert-alkyl or cyclic N) is 1. The van der Waals surface area contributed by atoms with E-state index in [0.29, 0.717) is 6.04 Å². The molecule has 0 spiro atoms. The number of hydrogen-bond donors (Lipinski definition) is 1. The quantitative estimate of drug-likeness (QED) is 0.810. The van der Waals surface area contributed by atoms with Gasteiger partial charge in [-0.3, -0.25) is 4.98 Å². The summed E-state index contributed by atoms with van der Waals surface area (Å²) in [6.45, 7) is 1.70. The van der Waals surface area contributed by atoms with E-state index in [0.717, 1.165) is 25.2 Å². The van der Waals surface area contributed by atoms with E-state index in [1.54, 1.807) is 12.4 Å². The zero-order valence-corrected chi connectivity index (χ0v) is 9.87. The van der Waals surface area contributed by atoms with Crippen molar-refractivity contribution in [1.29, 1.82) is 0 Å². The second-order valence-corrected chi connectivity index (χ2v) is 4.66. The average molecular weight is 221 g/mol. The van der Waals surface area contributed by atoms with Crippen molar-refractivity contribution in [3.63, 3.8) is 0 Å². The van der Waals surface area contributed by atoms with Crippen LogP contribution in [0.5, 0.6) is 0 Å². The summed E-state index contributed by atoms with van der Waals surface area (Å²) in [5.74, 6) is 0. The lowest BCUT2D eigenvalue weighted by molar-refractivity contribution is 0.191. The van der Waals surface area contributed by atoms with E-state index in [1.165, 1.54) is 0 Å². The van der Waals surface area contributed by atoms with Gasteiger partial charge in [0.1, 0.15) is 0 Å². The van der Waals surface area contributed by atoms with Crippen LogP contribution in [0, 0.1) is 0 Å². The van der Waals surface area contributed by atoms with Gasteiger partial charge in [-0.2, -0.15) is 0 Å². The van der Waals surface area contributed by atoms with Crippen LogP contribution >= 0.6 is 0 Å². The fourth-order valence-corrected chi connectivity index (χ4v) is 2.34. The van der Waals surface area contributed by atoms with E-state index in [-0.39, 0.29) is 6.10 Å². The van der Waals surface area contributed by atoms with Gasteiger partial charge in [0.05, 0.1) is 6.10 Å². The second kappa shape index (κ2) is 4.80. The molecular formula is C12H19N3O. The first-order valence-corrected chi connectivity index (χ1v) is 5.66. The molecule has 0 radical (unpaired) electrons. The maximum Gasteiger partial charge on any atom is 0.0735 e. The lowest BCUT2D eigenvalue weighted by atomic mass is 10.2. The Kier molecular flexibility index (Phi) is 3.41. The molecule has 1 aliphatic rings. The van der Waals surface area contributed by atoms with Gasteiger partial charge in [0.15, 0.2) is 0 Å². The minimum Gasteiger partial charge on any atom is -0.391 e. The lowest BCUT2D eigenvalue weighted by Crippen LogP contribution is -2.37. The number of aromatic nitrogens is 1. The molecule has 0 amide bonds. The largest absolute Gasteiger partial charge is 0.391 e. The third-order valence-electron chi connectivity index (χ3n) is 2.96. The Morgan fingerprint density at radius 3 is 2.75 bits per heavy atom. The zero-order chi connectivity index (χ0) is 11.5. The maximum absolute atomic E-state index is 9.77. The van der Waals surface area contributed by atoms with E-state index in [9.17, 15) is 5.11 Å². The van der Waals surface area contributed by atoms with Gasteiger partial charge in [-0.05, 0) is 32.6 Å². The molecule has 4 heteroatoms. The lowest BCUT2D eigenvalue weighted by Gasteiger charge is -2.28. The number of hydrogen-bond acceptors (Lipinski definition) is 4. The molecule has 1 aromatic rings. The van der Waals surface area contributed by atoms with Crippen molar-refractivity contribution in [2.45, 2.75) is 18.6 Å². The van der Waals surface area contributed by atoms with Crippen molar-refractivity contribution in [1.82, 2.24) is 9.88 Å². The summed E-state index contributed by atoms with van der Waals surface area (Å²) in [6, 6.07) is 4.40. The summed E-state index contributed by atoms with van der Waals surface area (Å²) in [6.07, 6.45) is 4.23. The van der Waals surface area contributed by atoms with Gasteiger partial charge in [-0.15, -0.1) is 0 Å².